The summed E-state index contributed by atoms with van der Waals surface area (Å²) in [6, 6.07) is 22.0. The van der Waals surface area contributed by atoms with E-state index in [0.29, 0.717) is 22.2 Å². The summed E-state index contributed by atoms with van der Waals surface area (Å²) in [6.07, 6.45) is 4.51. The fraction of sp³-hybridized carbons (Fsp3) is 0.333. The summed E-state index contributed by atoms with van der Waals surface area (Å²) >= 11 is 12.4. The maximum atomic E-state index is 13.7. The Morgan fingerprint density at radius 1 is 0.946 bits per heavy atom. The summed E-state index contributed by atoms with van der Waals surface area (Å²) in [4.78, 5) is 29.0. The van der Waals surface area contributed by atoms with E-state index in [1.54, 1.807) is 17.0 Å². The van der Waals surface area contributed by atoms with E-state index in [2.05, 4.69) is 5.32 Å². The third-order valence-electron chi connectivity index (χ3n) is 6.75. The van der Waals surface area contributed by atoms with E-state index in [1.807, 2.05) is 67.6 Å². The van der Waals surface area contributed by atoms with Gasteiger partial charge in [-0.2, -0.15) is 0 Å². The Labute approximate surface area is 228 Å². The predicted octanol–water partition coefficient (Wildman–Crippen LogP) is 6.38. The number of carbonyl (C=O) groups excluding carboxylic acids is 2. The molecular weight excluding hydrogens is 507 g/mol. The van der Waals surface area contributed by atoms with Crippen molar-refractivity contribution in [3.8, 4) is 5.75 Å². The summed E-state index contributed by atoms with van der Waals surface area (Å²) in [7, 11) is 0. The van der Waals surface area contributed by atoms with E-state index in [1.165, 1.54) is 0 Å². The number of rotatable bonds is 10. The largest absolute Gasteiger partial charge is 0.484 e. The number of hydrogen-bond donors (Lipinski definition) is 1. The number of carbonyl (C=O) groups is 2. The summed E-state index contributed by atoms with van der Waals surface area (Å²) in [5.41, 5.74) is 2.69. The number of aryl methyl sites for hydroxylation is 1. The fourth-order valence-corrected chi connectivity index (χ4v) is 5.02. The van der Waals surface area contributed by atoms with E-state index in [4.69, 9.17) is 27.9 Å². The van der Waals surface area contributed by atoms with Crippen LogP contribution in [0.15, 0.2) is 72.8 Å². The van der Waals surface area contributed by atoms with E-state index in [0.717, 1.165) is 42.4 Å². The third-order valence-corrected chi connectivity index (χ3v) is 7.49. The number of para-hydroxylation sites is 1. The minimum atomic E-state index is -0.717. The lowest BCUT2D eigenvalue weighted by molar-refractivity contribution is -0.143. The van der Waals surface area contributed by atoms with Crippen LogP contribution in [0, 0.1) is 6.92 Å². The van der Waals surface area contributed by atoms with Crippen LogP contribution >= 0.6 is 23.2 Å². The molecule has 0 heterocycles. The van der Waals surface area contributed by atoms with Crippen molar-refractivity contribution < 1.29 is 14.3 Å². The second-order valence-electron chi connectivity index (χ2n) is 9.52. The molecule has 1 fully saturated rings. The summed E-state index contributed by atoms with van der Waals surface area (Å²) in [5.74, 6) is 0.206. The first-order valence-corrected chi connectivity index (χ1v) is 13.4. The average molecular weight is 540 g/mol. The summed E-state index contributed by atoms with van der Waals surface area (Å²) in [5, 5.41) is 4.04. The molecule has 0 saturated heterocycles. The highest BCUT2D eigenvalue weighted by Gasteiger charge is 2.32. The van der Waals surface area contributed by atoms with Crippen molar-refractivity contribution in [2.75, 3.05) is 6.61 Å². The number of ether oxygens (including phenoxy) is 1. The van der Waals surface area contributed by atoms with Crippen LogP contribution in [0.4, 0.5) is 0 Å². The zero-order chi connectivity index (χ0) is 26.2. The first-order chi connectivity index (χ1) is 17.9. The van der Waals surface area contributed by atoms with Crippen molar-refractivity contribution >= 4 is 35.0 Å². The van der Waals surface area contributed by atoms with Gasteiger partial charge in [-0.1, -0.05) is 90.6 Å². The van der Waals surface area contributed by atoms with Gasteiger partial charge in [-0.05, 0) is 54.7 Å². The Morgan fingerprint density at radius 2 is 1.65 bits per heavy atom. The Kier molecular flexibility index (Phi) is 9.48. The van der Waals surface area contributed by atoms with E-state index >= 15 is 0 Å². The van der Waals surface area contributed by atoms with Crippen molar-refractivity contribution in [2.45, 2.75) is 57.7 Å². The van der Waals surface area contributed by atoms with Gasteiger partial charge in [0.05, 0.1) is 10.0 Å². The smallest absolute Gasteiger partial charge is 0.261 e. The molecule has 1 saturated carbocycles. The molecule has 0 radical (unpaired) electrons. The Balaban J connectivity index is 1.63. The number of nitrogens with zero attached hydrogens (tertiary/aromatic N) is 1. The quantitative estimate of drug-likeness (QED) is 0.325. The minimum Gasteiger partial charge on any atom is -0.484 e. The lowest BCUT2D eigenvalue weighted by Gasteiger charge is -2.32. The first kappa shape index (κ1) is 27.0. The van der Waals surface area contributed by atoms with Crippen molar-refractivity contribution in [1.29, 1.82) is 0 Å². The third kappa shape index (κ3) is 7.50. The topological polar surface area (TPSA) is 58.6 Å². The molecule has 1 aliphatic carbocycles. The number of hydrogen-bond acceptors (Lipinski definition) is 3. The van der Waals surface area contributed by atoms with Crippen LogP contribution in [0.2, 0.25) is 10.0 Å². The molecule has 3 aromatic rings. The Hall–Kier alpha value is -3.02. The molecule has 5 nitrogen and oxygen atoms in total. The van der Waals surface area contributed by atoms with Crippen LogP contribution in [0.5, 0.6) is 5.75 Å². The lowest BCUT2D eigenvalue weighted by atomic mass is 10.0. The number of amides is 2. The van der Waals surface area contributed by atoms with Gasteiger partial charge in [0.1, 0.15) is 11.8 Å². The number of benzene rings is 3. The molecule has 0 aromatic heterocycles. The zero-order valence-electron chi connectivity index (χ0n) is 21.0. The van der Waals surface area contributed by atoms with Gasteiger partial charge in [0.15, 0.2) is 6.61 Å². The molecule has 0 bridgehead atoms. The SMILES string of the molecule is Cc1ccccc1OCC(=O)N(Cc1ccc(Cl)c(Cl)c1)C(Cc1ccccc1)C(=O)NC1CCCC1. The fourth-order valence-electron chi connectivity index (χ4n) is 4.70. The van der Waals surface area contributed by atoms with Gasteiger partial charge in [-0.3, -0.25) is 9.59 Å². The summed E-state index contributed by atoms with van der Waals surface area (Å²) in [6.45, 7) is 1.94. The van der Waals surface area contributed by atoms with Gasteiger partial charge in [0, 0.05) is 19.0 Å². The summed E-state index contributed by atoms with van der Waals surface area (Å²) < 4.78 is 5.90. The van der Waals surface area contributed by atoms with Crippen molar-refractivity contribution in [3.63, 3.8) is 0 Å². The Bertz CT molecular complexity index is 1210. The molecule has 1 unspecified atom stereocenters. The average Bonchev–Trinajstić information content (AvgIpc) is 3.41. The van der Waals surface area contributed by atoms with E-state index < -0.39 is 6.04 Å². The molecule has 0 aliphatic heterocycles. The molecule has 3 aromatic carbocycles. The van der Waals surface area contributed by atoms with Crippen LogP contribution in [0.3, 0.4) is 0 Å². The molecule has 194 valence electrons. The molecule has 7 heteroatoms. The highest BCUT2D eigenvalue weighted by molar-refractivity contribution is 6.42. The van der Waals surface area contributed by atoms with Crippen LogP contribution in [-0.2, 0) is 22.6 Å². The van der Waals surface area contributed by atoms with Gasteiger partial charge >= 0.3 is 0 Å². The van der Waals surface area contributed by atoms with Gasteiger partial charge in [0.2, 0.25) is 5.91 Å². The maximum Gasteiger partial charge on any atom is 0.261 e. The van der Waals surface area contributed by atoms with Gasteiger partial charge in [-0.15, -0.1) is 0 Å². The highest BCUT2D eigenvalue weighted by Crippen LogP contribution is 2.25. The highest BCUT2D eigenvalue weighted by atomic mass is 35.5. The zero-order valence-corrected chi connectivity index (χ0v) is 22.5. The molecule has 2 amide bonds. The monoisotopic (exact) mass is 538 g/mol. The van der Waals surface area contributed by atoms with E-state index in [-0.39, 0.29) is 31.0 Å². The van der Waals surface area contributed by atoms with Crippen molar-refractivity contribution in [1.82, 2.24) is 10.2 Å². The maximum absolute atomic E-state index is 13.7. The Morgan fingerprint density at radius 3 is 2.35 bits per heavy atom. The van der Waals surface area contributed by atoms with Crippen LogP contribution in [0.1, 0.15) is 42.4 Å². The predicted molar refractivity (Wildman–Crippen MR) is 148 cm³/mol. The molecule has 1 aliphatic rings. The van der Waals surface area contributed by atoms with Crippen molar-refractivity contribution in [2.24, 2.45) is 0 Å². The normalized spacial score (nSPS) is 14.2. The molecule has 1 atom stereocenters. The van der Waals surface area contributed by atoms with Gasteiger partial charge < -0.3 is 15.0 Å². The van der Waals surface area contributed by atoms with Gasteiger partial charge in [-0.25, -0.2) is 0 Å². The van der Waals surface area contributed by atoms with Gasteiger partial charge in [0.25, 0.3) is 5.91 Å². The van der Waals surface area contributed by atoms with Crippen LogP contribution in [0.25, 0.3) is 0 Å². The molecule has 37 heavy (non-hydrogen) atoms. The second-order valence-corrected chi connectivity index (χ2v) is 10.3. The van der Waals surface area contributed by atoms with Crippen LogP contribution in [-0.4, -0.2) is 35.4 Å². The molecule has 4 rings (SSSR count). The standard InChI is InChI=1S/C30H32Cl2N2O3/c1-21-9-5-8-14-28(21)37-20-29(35)34(19-23-15-16-25(31)26(32)17-23)27(18-22-10-3-2-4-11-22)30(36)33-24-12-6-7-13-24/h2-5,8-11,14-17,24,27H,6-7,12-13,18-20H2,1H3,(H,33,36). The van der Waals surface area contributed by atoms with E-state index in [9.17, 15) is 9.59 Å². The molecular formula is C30H32Cl2N2O3. The number of halogens is 2. The second kappa shape index (κ2) is 13.0. The molecule has 1 N–H and O–H groups in total. The first-order valence-electron chi connectivity index (χ1n) is 12.7. The molecule has 0 spiro atoms. The van der Waals surface area contributed by atoms with Crippen molar-refractivity contribution in [3.05, 3.63) is 99.5 Å². The van der Waals surface area contributed by atoms with Crippen LogP contribution < -0.4 is 10.1 Å². The lowest BCUT2D eigenvalue weighted by Crippen LogP contribution is -2.53. The number of nitrogens with one attached hydrogen (secondary N) is 1. The minimum absolute atomic E-state index is 0.135.